The van der Waals surface area contributed by atoms with Crippen molar-refractivity contribution in [3.8, 4) is 0 Å². The van der Waals surface area contributed by atoms with Gasteiger partial charge in [-0.1, -0.05) is 48.0 Å². The average molecular weight is 457 g/mol. The predicted octanol–water partition coefficient (Wildman–Crippen LogP) is 4.91. The molecule has 2 heterocycles. The van der Waals surface area contributed by atoms with Gasteiger partial charge in [-0.3, -0.25) is 0 Å². The van der Waals surface area contributed by atoms with E-state index in [4.69, 9.17) is 16.0 Å². The summed E-state index contributed by atoms with van der Waals surface area (Å²) < 4.78 is 33.7. The highest BCUT2D eigenvalue weighted by Gasteiger charge is 2.30. The standard InChI is InChI=1S/C24H25ClN2O3S/c1-26(2)17-22-15-20-16-27(13-12-24(20)30-22)31(28,29)23-10-8-18(9-11-23)6-7-19-4-3-5-21(25)14-19/h3-11,14-15H,12-13,16-17H2,1-2H3/b7-6-. The molecule has 0 aliphatic carbocycles. The van der Waals surface area contributed by atoms with E-state index in [0.717, 1.165) is 28.2 Å². The molecule has 4 rings (SSSR count). The summed E-state index contributed by atoms with van der Waals surface area (Å²) in [7, 11) is 0.388. The summed E-state index contributed by atoms with van der Waals surface area (Å²) in [6, 6.07) is 16.5. The number of hydrogen-bond acceptors (Lipinski definition) is 4. The first-order valence-corrected chi connectivity index (χ1v) is 11.9. The van der Waals surface area contributed by atoms with Gasteiger partial charge >= 0.3 is 0 Å². The molecule has 5 nitrogen and oxygen atoms in total. The lowest BCUT2D eigenvalue weighted by Gasteiger charge is -2.25. The van der Waals surface area contributed by atoms with E-state index in [-0.39, 0.29) is 0 Å². The molecule has 162 valence electrons. The second-order valence-electron chi connectivity index (χ2n) is 7.94. The Morgan fingerprint density at radius 2 is 1.81 bits per heavy atom. The maximum atomic E-state index is 13.2. The molecule has 0 unspecified atom stereocenters. The van der Waals surface area contributed by atoms with Crippen molar-refractivity contribution in [1.29, 1.82) is 0 Å². The van der Waals surface area contributed by atoms with E-state index in [9.17, 15) is 8.42 Å². The maximum absolute atomic E-state index is 13.2. The van der Waals surface area contributed by atoms with Crippen molar-refractivity contribution in [1.82, 2.24) is 9.21 Å². The van der Waals surface area contributed by atoms with Crippen molar-refractivity contribution >= 4 is 33.8 Å². The van der Waals surface area contributed by atoms with Crippen LogP contribution in [0.25, 0.3) is 12.2 Å². The van der Waals surface area contributed by atoms with E-state index < -0.39 is 10.0 Å². The second kappa shape index (κ2) is 9.01. The number of nitrogens with zero attached hydrogens (tertiary/aromatic N) is 2. The van der Waals surface area contributed by atoms with Gasteiger partial charge in [0.2, 0.25) is 10.0 Å². The van der Waals surface area contributed by atoms with Crippen LogP contribution in [0.2, 0.25) is 5.02 Å². The van der Waals surface area contributed by atoms with Crippen LogP contribution < -0.4 is 0 Å². The Labute approximate surface area is 188 Å². The van der Waals surface area contributed by atoms with Crippen LogP contribution in [0, 0.1) is 0 Å². The molecule has 31 heavy (non-hydrogen) atoms. The smallest absolute Gasteiger partial charge is 0.243 e. The zero-order chi connectivity index (χ0) is 22.0. The van der Waals surface area contributed by atoms with E-state index in [1.54, 1.807) is 12.1 Å². The number of benzene rings is 2. The van der Waals surface area contributed by atoms with E-state index in [1.807, 2.05) is 73.6 Å². The molecular formula is C24H25ClN2O3S. The van der Waals surface area contributed by atoms with E-state index >= 15 is 0 Å². The lowest BCUT2D eigenvalue weighted by Crippen LogP contribution is -2.35. The molecule has 0 atom stereocenters. The van der Waals surface area contributed by atoms with Crippen LogP contribution in [0.1, 0.15) is 28.2 Å². The highest BCUT2D eigenvalue weighted by molar-refractivity contribution is 7.89. The third-order valence-corrected chi connectivity index (χ3v) is 7.28. The minimum Gasteiger partial charge on any atom is -0.464 e. The number of halogens is 1. The molecule has 0 bridgehead atoms. The Kier molecular flexibility index (Phi) is 6.34. The molecule has 1 aliphatic heterocycles. The topological polar surface area (TPSA) is 53.8 Å². The molecule has 0 saturated heterocycles. The number of fused-ring (bicyclic) bond motifs is 1. The number of rotatable bonds is 6. The summed E-state index contributed by atoms with van der Waals surface area (Å²) in [5, 5.41) is 0.680. The van der Waals surface area contributed by atoms with Gasteiger partial charge in [-0.15, -0.1) is 0 Å². The highest BCUT2D eigenvalue weighted by atomic mass is 35.5. The Hall–Kier alpha value is -2.38. The molecule has 0 amide bonds. The van der Waals surface area contributed by atoms with Gasteiger partial charge in [0.1, 0.15) is 11.5 Å². The summed E-state index contributed by atoms with van der Waals surface area (Å²) in [6.07, 6.45) is 4.47. The van der Waals surface area contributed by atoms with Crippen molar-refractivity contribution in [3.05, 3.63) is 87.8 Å². The van der Waals surface area contributed by atoms with Crippen LogP contribution in [-0.4, -0.2) is 38.3 Å². The highest BCUT2D eigenvalue weighted by Crippen LogP contribution is 2.28. The summed E-state index contributed by atoms with van der Waals surface area (Å²) in [6.45, 7) is 1.45. The average Bonchev–Trinajstić information content (AvgIpc) is 3.13. The van der Waals surface area contributed by atoms with Gasteiger partial charge in [0.15, 0.2) is 0 Å². The summed E-state index contributed by atoms with van der Waals surface area (Å²) in [5.74, 6) is 1.76. The Bertz CT molecular complexity index is 1200. The number of furan rings is 1. The molecule has 1 aliphatic rings. The summed E-state index contributed by atoms with van der Waals surface area (Å²) in [5.41, 5.74) is 2.86. The predicted molar refractivity (Wildman–Crippen MR) is 124 cm³/mol. The summed E-state index contributed by atoms with van der Waals surface area (Å²) in [4.78, 5) is 2.33. The third kappa shape index (κ3) is 5.10. The molecule has 2 aromatic carbocycles. The van der Waals surface area contributed by atoms with Gasteiger partial charge in [0, 0.05) is 30.1 Å². The first-order valence-electron chi connectivity index (χ1n) is 10.1. The van der Waals surface area contributed by atoms with Crippen LogP contribution >= 0.6 is 11.6 Å². The molecule has 0 fully saturated rings. The Morgan fingerprint density at radius 1 is 1.06 bits per heavy atom. The molecule has 0 N–H and O–H groups in total. The first kappa shape index (κ1) is 21.8. The van der Waals surface area contributed by atoms with Gasteiger partial charge < -0.3 is 9.32 Å². The van der Waals surface area contributed by atoms with E-state index in [1.165, 1.54) is 4.31 Å². The minimum atomic E-state index is -3.57. The van der Waals surface area contributed by atoms with E-state index in [2.05, 4.69) is 0 Å². The molecule has 0 spiro atoms. The fourth-order valence-corrected chi connectivity index (χ4v) is 5.28. The van der Waals surface area contributed by atoms with Crippen LogP contribution in [0.15, 0.2) is 63.9 Å². The van der Waals surface area contributed by atoms with E-state index in [0.29, 0.717) is 36.0 Å². The molecule has 3 aromatic rings. The number of sulfonamides is 1. The quantitative estimate of drug-likeness (QED) is 0.494. The van der Waals surface area contributed by atoms with Crippen molar-refractivity contribution in [2.45, 2.75) is 24.4 Å². The lowest BCUT2D eigenvalue weighted by molar-refractivity contribution is 0.325. The molecule has 0 radical (unpaired) electrons. The monoisotopic (exact) mass is 456 g/mol. The molecule has 0 saturated carbocycles. The minimum absolute atomic E-state index is 0.299. The fourth-order valence-electron chi connectivity index (χ4n) is 3.67. The van der Waals surface area contributed by atoms with Crippen LogP contribution in [0.5, 0.6) is 0 Å². The van der Waals surface area contributed by atoms with Crippen molar-refractivity contribution in [2.24, 2.45) is 0 Å². The van der Waals surface area contributed by atoms with Gasteiger partial charge in [-0.05, 0) is 55.6 Å². The third-order valence-electron chi connectivity index (χ3n) is 5.19. The van der Waals surface area contributed by atoms with Gasteiger partial charge in [-0.25, -0.2) is 8.42 Å². The van der Waals surface area contributed by atoms with Crippen molar-refractivity contribution in [2.75, 3.05) is 20.6 Å². The molecule has 7 heteroatoms. The zero-order valence-corrected chi connectivity index (χ0v) is 19.2. The maximum Gasteiger partial charge on any atom is 0.243 e. The SMILES string of the molecule is CN(C)Cc1cc2c(o1)CCN(S(=O)(=O)c1ccc(/C=C\c3cccc(Cl)c3)cc1)C2. The van der Waals surface area contributed by atoms with Crippen LogP contribution in [0.3, 0.4) is 0 Å². The Morgan fingerprint density at radius 3 is 2.52 bits per heavy atom. The van der Waals surface area contributed by atoms with Gasteiger partial charge in [0.05, 0.1) is 11.4 Å². The fraction of sp³-hybridized carbons (Fsp3) is 0.250. The largest absolute Gasteiger partial charge is 0.464 e. The van der Waals surface area contributed by atoms with Crippen molar-refractivity contribution in [3.63, 3.8) is 0 Å². The van der Waals surface area contributed by atoms with Gasteiger partial charge in [-0.2, -0.15) is 4.31 Å². The van der Waals surface area contributed by atoms with Crippen LogP contribution in [0.4, 0.5) is 0 Å². The Balaban J connectivity index is 1.48. The van der Waals surface area contributed by atoms with Crippen molar-refractivity contribution < 1.29 is 12.8 Å². The second-order valence-corrected chi connectivity index (χ2v) is 10.3. The van der Waals surface area contributed by atoms with Crippen LogP contribution in [-0.2, 0) is 29.5 Å². The lowest BCUT2D eigenvalue weighted by atomic mass is 10.1. The first-order chi connectivity index (χ1) is 14.8. The summed E-state index contributed by atoms with van der Waals surface area (Å²) >= 11 is 6.01. The normalized spacial score (nSPS) is 15.0. The number of hydrogen-bond donors (Lipinski definition) is 0. The molecule has 1 aromatic heterocycles. The zero-order valence-electron chi connectivity index (χ0n) is 17.6. The van der Waals surface area contributed by atoms with Gasteiger partial charge in [0.25, 0.3) is 0 Å². The molecular weight excluding hydrogens is 432 g/mol.